The van der Waals surface area contributed by atoms with Gasteiger partial charge in [0.15, 0.2) is 5.65 Å². The number of nitrogens with two attached hydrogens (primary N) is 1. The molecule has 0 amide bonds. The lowest BCUT2D eigenvalue weighted by Gasteiger charge is -1.77. The first kappa shape index (κ1) is 5.16. The molecular formula is C5H6N4O. The van der Waals surface area contributed by atoms with Crippen LogP contribution in [0.15, 0.2) is 12.4 Å². The number of imidazole rings is 1. The van der Waals surface area contributed by atoms with Gasteiger partial charge < -0.3 is 10.8 Å². The van der Waals surface area contributed by atoms with E-state index < -0.39 is 0 Å². The van der Waals surface area contributed by atoms with Gasteiger partial charge in [0.2, 0.25) is 5.88 Å². The van der Waals surface area contributed by atoms with E-state index in [0.29, 0.717) is 11.3 Å². The lowest BCUT2D eigenvalue weighted by molar-refractivity contribution is 0.456. The van der Waals surface area contributed by atoms with E-state index in [1.54, 1.807) is 10.7 Å². The second-order valence-corrected chi connectivity index (χ2v) is 2.02. The molecule has 0 atom stereocenters. The van der Waals surface area contributed by atoms with Crippen LogP contribution in [0.1, 0.15) is 0 Å². The van der Waals surface area contributed by atoms with Crippen LogP contribution in [0.4, 0.5) is 5.69 Å². The summed E-state index contributed by atoms with van der Waals surface area (Å²) in [5, 5.41) is 11.6. The maximum absolute atomic E-state index is 8.86. The molecule has 0 saturated heterocycles. The molecule has 52 valence electrons. The standard InChI is InChI=1S/C5H6N4O/c6-3-1-7-9-2-4(10)8-5(3)9/h1-2,7,10H,6H2. The van der Waals surface area contributed by atoms with Crippen LogP contribution in [0.3, 0.4) is 0 Å². The van der Waals surface area contributed by atoms with Crippen LogP contribution >= 0.6 is 0 Å². The summed E-state index contributed by atoms with van der Waals surface area (Å²) in [5.41, 5.74) is 6.55. The van der Waals surface area contributed by atoms with Crippen molar-refractivity contribution < 1.29 is 5.11 Å². The molecule has 2 heterocycles. The summed E-state index contributed by atoms with van der Waals surface area (Å²) in [4.78, 5) is 3.73. The minimum atomic E-state index is -0.0291. The van der Waals surface area contributed by atoms with Gasteiger partial charge >= 0.3 is 0 Å². The van der Waals surface area contributed by atoms with E-state index >= 15 is 0 Å². The zero-order valence-corrected chi connectivity index (χ0v) is 5.07. The molecule has 0 unspecified atom stereocenters. The van der Waals surface area contributed by atoms with Gasteiger partial charge in [-0.25, -0.2) is 4.52 Å². The summed E-state index contributed by atoms with van der Waals surface area (Å²) < 4.78 is 1.55. The van der Waals surface area contributed by atoms with E-state index in [1.165, 1.54) is 6.20 Å². The third-order valence-corrected chi connectivity index (χ3v) is 1.31. The summed E-state index contributed by atoms with van der Waals surface area (Å²) in [7, 11) is 0. The number of aromatic amines is 1. The third-order valence-electron chi connectivity index (χ3n) is 1.31. The molecule has 0 spiro atoms. The van der Waals surface area contributed by atoms with E-state index in [-0.39, 0.29) is 5.88 Å². The number of hydrogen-bond acceptors (Lipinski definition) is 3. The molecule has 0 fully saturated rings. The number of nitrogen functional groups attached to an aromatic ring is 1. The van der Waals surface area contributed by atoms with Gasteiger partial charge in [-0.3, -0.25) is 5.10 Å². The van der Waals surface area contributed by atoms with Gasteiger partial charge in [-0.05, 0) is 0 Å². The Bertz CT molecular complexity index is 360. The molecule has 0 bridgehead atoms. The smallest absolute Gasteiger partial charge is 0.231 e. The molecule has 5 nitrogen and oxygen atoms in total. The van der Waals surface area contributed by atoms with Gasteiger partial charge in [-0.15, -0.1) is 0 Å². The molecule has 0 aliphatic heterocycles. The van der Waals surface area contributed by atoms with Crippen LogP contribution in [0.5, 0.6) is 5.88 Å². The van der Waals surface area contributed by atoms with Crippen molar-refractivity contribution in [1.82, 2.24) is 14.6 Å². The summed E-state index contributed by atoms with van der Waals surface area (Å²) >= 11 is 0. The molecule has 0 aliphatic carbocycles. The molecule has 4 N–H and O–H groups in total. The fraction of sp³-hybridized carbons (Fsp3) is 0. The fourth-order valence-electron chi connectivity index (χ4n) is 0.874. The number of nitrogens with zero attached hydrogens (tertiary/aromatic N) is 2. The molecule has 10 heavy (non-hydrogen) atoms. The minimum absolute atomic E-state index is 0.0291. The van der Waals surface area contributed by atoms with Crippen molar-refractivity contribution in [1.29, 1.82) is 0 Å². The highest BCUT2D eigenvalue weighted by molar-refractivity contribution is 5.64. The Morgan fingerprint density at radius 3 is 3.20 bits per heavy atom. The highest BCUT2D eigenvalue weighted by atomic mass is 16.3. The predicted molar refractivity (Wildman–Crippen MR) is 35.6 cm³/mol. The monoisotopic (exact) mass is 138 g/mol. The van der Waals surface area contributed by atoms with Crippen molar-refractivity contribution in [2.24, 2.45) is 0 Å². The molecule has 0 saturated carbocycles. The Kier molecular flexibility index (Phi) is 0.743. The van der Waals surface area contributed by atoms with Gasteiger partial charge in [0.1, 0.15) is 0 Å². The molecule has 2 aromatic heterocycles. The SMILES string of the molecule is Nc1c[nH]n2cc(O)nc12. The highest BCUT2D eigenvalue weighted by Gasteiger charge is 2.02. The largest absolute Gasteiger partial charge is 0.492 e. The summed E-state index contributed by atoms with van der Waals surface area (Å²) in [5.74, 6) is -0.0291. The Balaban J connectivity index is 2.90. The summed E-state index contributed by atoms with van der Waals surface area (Å²) in [6, 6.07) is 0. The van der Waals surface area contributed by atoms with E-state index in [0.717, 1.165) is 0 Å². The number of fused-ring (bicyclic) bond motifs is 1. The Morgan fingerprint density at radius 1 is 1.70 bits per heavy atom. The molecule has 5 heteroatoms. The molecule has 0 radical (unpaired) electrons. The van der Waals surface area contributed by atoms with Crippen molar-refractivity contribution >= 4 is 11.3 Å². The first-order valence-corrected chi connectivity index (χ1v) is 2.78. The number of nitrogens with one attached hydrogen (secondary N) is 1. The van der Waals surface area contributed by atoms with Crippen molar-refractivity contribution in [3.8, 4) is 5.88 Å². The molecule has 2 aromatic rings. The van der Waals surface area contributed by atoms with Crippen molar-refractivity contribution in [2.75, 3.05) is 5.73 Å². The topological polar surface area (TPSA) is 79.3 Å². The Morgan fingerprint density at radius 2 is 2.50 bits per heavy atom. The number of H-pyrrole nitrogens is 1. The quantitative estimate of drug-likeness (QED) is 0.477. The molecule has 2 rings (SSSR count). The average Bonchev–Trinajstić information content (AvgIpc) is 2.35. The zero-order valence-electron chi connectivity index (χ0n) is 5.07. The zero-order chi connectivity index (χ0) is 7.14. The lowest BCUT2D eigenvalue weighted by atomic mass is 10.6. The van der Waals surface area contributed by atoms with Crippen molar-refractivity contribution in [3.63, 3.8) is 0 Å². The predicted octanol–water partition coefficient (Wildman–Crippen LogP) is -0.0498. The fourth-order valence-corrected chi connectivity index (χ4v) is 0.874. The van der Waals surface area contributed by atoms with Crippen LogP contribution in [0.2, 0.25) is 0 Å². The number of rotatable bonds is 0. The van der Waals surface area contributed by atoms with Crippen LogP contribution in [0, 0.1) is 0 Å². The first-order chi connectivity index (χ1) is 4.77. The average molecular weight is 138 g/mol. The molecule has 0 aromatic carbocycles. The normalized spacial score (nSPS) is 10.8. The van der Waals surface area contributed by atoms with E-state index in [4.69, 9.17) is 10.8 Å². The summed E-state index contributed by atoms with van der Waals surface area (Å²) in [6.07, 6.45) is 3.06. The summed E-state index contributed by atoms with van der Waals surface area (Å²) in [6.45, 7) is 0. The second kappa shape index (κ2) is 1.44. The van der Waals surface area contributed by atoms with Crippen LogP contribution in [0.25, 0.3) is 5.65 Å². The Hall–Kier alpha value is -1.65. The van der Waals surface area contributed by atoms with Gasteiger partial charge in [-0.2, -0.15) is 4.98 Å². The van der Waals surface area contributed by atoms with E-state index in [9.17, 15) is 0 Å². The Labute approximate surface area is 56.1 Å². The van der Waals surface area contributed by atoms with Gasteiger partial charge in [0, 0.05) is 6.20 Å². The highest BCUT2D eigenvalue weighted by Crippen LogP contribution is 2.14. The van der Waals surface area contributed by atoms with Crippen LogP contribution in [-0.2, 0) is 0 Å². The second-order valence-electron chi connectivity index (χ2n) is 2.02. The third kappa shape index (κ3) is 0.485. The number of aromatic hydroxyl groups is 1. The number of aromatic nitrogens is 3. The van der Waals surface area contributed by atoms with E-state index in [1.807, 2.05) is 0 Å². The minimum Gasteiger partial charge on any atom is -0.492 e. The molecule has 0 aliphatic rings. The first-order valence-electron chi connectivity index (χ1n) is 2.78. The van der Waals surface area contributed by atoms with Gasteiger partial charge in [0.05, 0.1) is 11.9 Å². The van der Waals surface area contributed by atoms with Crippen molar-refractivity contribution in [2.45, 2.75) is 0 Å². The van der Waals surface area contributed by atoms with Gasteiger partial charge in [0.25, 0.3) is 0 Å². The van der Waals surface area contributed by atoms with Gasteiger partial charge in [-0.1, -0.05) is 0 Å². The number of hydrogen-bond donors (Lipinski definition) is 3. The van der Waals surface area contributed by atoms with E-state index in [2.05, 4.69) is 10.1 Å². The molecular weight excluding hydrogens is 132 g/mol. The maximum Gasteiger partial charge on any atom is 0.231 e. The number of anilines is 1. The van der Waals surface area contributed by atoms with Crippen LogP contribution in [-0.4, -0.2) is 19.7 Å². The lowest BCUT2D eigenvalue weighted by Crippen LogP contribution is -1.81. The van der Waals surface area contributed by atoms with Crippen LogP contribution < -0.4 is 5.73 Å². The maximum atomic E-state index is 8.86. The van der Waals surface area contributed by atoms with Crippen molar-refractivity contribution in [3.05, 3.63) is 12.4 Å².